The summed E-state index contributed by atoms with van der Waals surface area (Å²) in [5, 5.41) is 7.63. The van der Waals surface area contributed by atoms with Crippen molar-refractivity contribution in [2.45, 2.75) is 12.1 Å². The first-order chi connectivity index (χ1) is 3.83. The van der Waals surface area contributed by atoms with E-state index in [4.69, 9.17) is 6.42 Å². The van der Waals surface area contributed by atoms with Crippen LogP contribution in [0.25, 0.3) is 0 Å². The summed E-state index contributed by atoms with van der Waals surface area (Å²) in [5.41, 5.74) is -0.157. The molecule has 1 aliphatic rings. The maximum Gasteiger partial charge on any atom is 0.210 e. The molecule has 0 aromatic rings. The summed E-state index contributed by atoms with van der Waals surface area (Å²) >= 11 is 2.23. The maximum absolute atomic E-state index is 5.06. The lowest BCUT2D eigenvalue weighted by Gasteiger charge is -1.96. The molecule has 1 rings (SSSR count). The fraction of sp³-hybridized carbons (Fsp3) is 0.600. The van der Waals surface area contributed by atoms with Gasteiger partial charge in [-0.3, -0.25) is 0 Å². The summed E-state index contributed by atoms with van der Waals surface area (Å²) < 4.78 is 0.912. The largest absolute Gasteiger partial charge is 0.210 e. The van der Waals surface area contributed by atoms with Crippen molar-refractivity contribution < 1.29 is 0 Å². The highest BCUT2D eigenvalue weighted by atomic mass is 127. The molecule has 0 bridgehead atoms. The Kier molecular flexibility index (Phi) is 1.52. The average molecular weight is 220 g/mol. The molecule has 0 atom stereocenters. The van der Waals surface area contributed by atoms with Crippen LogP contribution in [0.1, 0.15) is 6.42 Å². The van der Waals surface area contributed by atoms with Crippen molar-refractivity contribution in [1.29, 1.82) is 0 Å². The van der Waals surface area contributed by atoms with Crippen LogP contribution in [0, 0.1) is 12.3 Å². The molecule has 0 aromatic carbocycles. The summed E-state index contributed by atoms with van der Waals surface area (Å²) in [7, 11) is 0. The Morgan fingerprint density at radius 1 is 1.62 bits per heavy atom. The summed E-state index contributed by atoms with van der Waals surface area (Å²) in [6, 6.07) is 0. The molecule has 0 fully saturated rings. The topological polar surface area (TPSA) is 24.7 Å². The lowest BCUT2D eigenvalue weighted by molar-refractivity contribution is 0.714. The average Bonchev–Trinajstić information content (AvgIpc) is 2.50. The van der Waals surface area contributed by atoms with Crippen molar-refractivity contribution >= 4 is 22.6 Å². The normalized spacial score (nSPS) is 20.0. The minimum absolute atomic E-state index is 0.157. The van der Waals surface area contributed by atoms with Crippen LogP contribution in [0.15, 0.2) is 10.2 Å². The van der Waals surface area contributed by atoms with Crippen LogP contribution in [0.4, 0.5) is 0 Å². The molecule has 0 amide bonds. The predicted octanol–water partition coefficient (Wildman–Crippen LogP) is 1.61. The molecule has 0 N–H and O–H groups in total. The Balaban J connectivity index is 2.35. The molecule has 3 heteroatoms. The third-order valence-electron chi connectivity index (χ3n) is 0.982. The van der Waals surface area contributed by atoms with Gasteiger partial charge in [-0.2, -0.15) is 10.2 Å². The number of rotatable bonds is 2. The van der Waals surface area contributed by atoms with E-state index in [1.807, 2.05) is 0 Å². The molecular weight excluding hydrogens is 215 g/mol. The van der Waals surface area contributed by atoms with Gasteiger partial charge >= 0.3 is 0 Å². The highest BCUT2D eigenvalue weighted by Crippen LogP contribution is 2.32. The Hall–Kier alpha value is -0.110. The Bertz CT molecular complexity index is 150. The number of hydrogen-bond acceptors (Lipinski definition) is 2. The van der Waals surface area contributed by atoms with Crippen LogP contribution in [-0.2, 0) is 0 Å². The van der Waals surface area contributed by atoms with Gasteiger partial charge in [-0.15, -0.1) is 12.3 Å². The molecule has 0 saturated heterocycles. The van der Waals surface area contributed by atoms with Crippen LogP contribution in [0.5, 0.6) is 0 Å². The maximum atomic E-state index is 5.06. The van der Waals surface area contributed by atoms with Crippen molar-refractivity contribution in [3.8, 4) is 12.3 Å². The number of alkyl halides is 1. The highest BCUT2D eigenvalue weighted by Gasteiger charge is 2.37. The van der Waals surface area contributed by atoms with E-state index >= 15 is 0 Å². The fourth-order valence-corrected chi connectivity index (χ4v) is 0.980. The lowest BCUT2D eigenvalue weighted by atomic mass is 10.2. The fourth-order valence-electron chi connectivity index (χ4n) is 0.406. The number of hydrogen-bond donors (Lipinski definition) is 0. The zero-order valence-corrected chi connectivity index (χ0v) is 6.42. The lowest BCUT2D eigenvalue weighted by Crippen LogP contribution is -2.10. The van der Waals surface area contributed by atoms with Crippen molar-refractivity contribution in [3.63, 3.8) is 0 Å². The van der Waals surface area contributed by atoms with Crippen LogP contribution >= 0.6 is 22.6 Å². The number of terminal acetylenes is 1. The minimum Gasteiger partial charge on any atom is -0.157 e. The molecule has 0 saturated carbocycles. The van der Waals surface area contributed by atoms with E-state index in [1.54, 1.807) is 0 Å². The quantitative estimate of drug-likeness (QED) is 0.383. The van der Waals surface area contributed by atoms with Crippen molar-refractivity contribution in [2.24, 2.45) is 10.2 Å². The van der Waals surface area contributed by atoms with Crippen molar-refractivity contribution in [3.05, 3.63) is 0 Å². The molecule has 0 spiro atoms. The van der Waals surface area contributed by atoms with E-state index in [0.717, 1.165) is 4.43 Å². The van der Waals surface area contributed by atoms with Gasteiger partial charge in [0.15, 0.2) is 0 Å². The van der Waals surface area contributed by atoms with E-state index in [-0.39, 0.29) is 5.66 Å². The zero-order chi connectivity index (χ0) is 6.04. The number of halogens is 1. The molecule has 8 heavy (non-hydrogen) atoms. The number of nitrogens with zero attached hydrogens (tertiary/aromatic N) is 2. The second-order valence-electron chi connectivity index (χ2n) is 1.70. The summed E-state index contributed by atoms with van der Waals surface area (Å²) in [5.74, 6) is 2.53. The third-order valence-corrected chi connectivity index (χ3v) is 2.20. The molecular formula is C5H5IN2. The molecule has 1 aliphatic heterocycles. The van der Waals surface area contributed by atoms with Gasteiger partial charge in [-0.25, -0.2) is 0 Å². The summed E-state index contributed by atoms with van der Waals surface area (Å²) in [6.45, 7) is 0. The first-order valence-corrected chi connectivity index (χ1v) is 3.79. The second-order valence-corrected chi connectivity index (χ2v) is 2.46. The highest BCUT2D eigenvalue weighted by molar-refractivity contribution is 14.1. The van der Waals surface area contributed by atoms with E-state index in [9.17, 15) is 0 Å². The zero-order valence-electron chi connectivity index (χ0n) is 4.26. The van der Waals surface area contributed by atoms with Gasteiger partial charge in [0.1, 0.15) is 0 Å². The molecule has 0 aliphatic carbocycles. The molecule has 0 radical (unpaired) electrons. The predicted molar refractivity (Wildman–Crippen MR) is 39.9 cm³/mol. The Labute approximate surface area is 61.9 Å². The molecule has 0 aromatic heterocycles. The summed E-state index contributed by atoms with van der Waals surface area (Å²) in [6.07, 6.45) is 5.72. The van der Waals surface area contributed by atoms with E-state index in [2.05, 4.69) is 38.7 Å². The van der Waals surface area contributed by atoms with E-state index < -0.39 is 0 Å². The molecule has 42 valence electrons. The van der Waals surface area contributed by atoms with Crippen LogP contribution in [0.2, 0.25) is 0 Å². The summed E-state index contributed by atoms with van der Waals surface area (Å²) in [4.78, 5) is 0. The Morgan fingerprint density at radius 2 is 2.25 bits per heavy atom. The van der Waals surface area contributed by atoms with Crippen LogP contribution in [-0.4, -0.2) is 10.1 Å². The van der Waals surface area contributed by atoms with Gasteiger partial charge in [0.05, 0.1) is 6.42 Å². The van der Waals surface area contributed by atoms with Gasteiger partial charge in [0, 0.05) is 4.43 Å². The van der Waals surface area contributed by atoms with Gasteiger partial charge in [-0.1, -0.05) is 22.6 Å². The Morgan fingerprint density at radius 3 is 2.38 bits per heavy atom. The molecule has 2 nitrogen and oxygen atoms in total. The van der Waals surface area contributed by atoms with Gasteiger partial charge in [-0.05, 0) is 0 Å². The smallest absolute Gasteiger partial charge is 0.157 e. The van der Waals surface area contributed by atoms with Crippen molar-refractivity contribution in [1.82, 2.24) is 0 Å². The first kappa shape index (κ1) is 6.02. The monoisotopic (exact) mass is 220 g/mol. The SMILES string of the molecule is C#CCC1(CI)N=N1. The van der Waals surface area contributed by atoms with Crippen molar-refractivity contribution in [2.75, 3.05) is 4.43 Å². The third kappa shape index (κ3) is 0.996. The second kappa shape index (κ2) is 2.02. The molecule has 0 unspecified atom stereocenters. The van der Waals surface area contributed by atoms with Gasteiger partial charge in [0.25, 0.3) is 0 Å². The van der Waals surface area contributed by atoms with E-state index in [0.29, 0.717) is 6.42 Å². The van der Waals surface area contributed by atoms with Crippen LogP contribution < -0.4 is 0 Å². The van der Waals surface area contributed by atoms with Gasteiger partial charge in [0.2, 0.25) is 5.66 Å². The minimum atomic E-state index is -0.157. The molecule has 1 heterocycles. The van der Waals surface area contributed by atoms with E-state index in [1.165, 1.54) is 0 Å². The van der Waals surface area contributed by atoms with Gasteiger partial charge < -0.3 is 0 Å². The van der Waals surface area contributed by atoms with Crippen LogP contribution in [0.3, 0.4) is 0 Å². The standard InChI is InChI=1S/C5H5IN2/c1-2-3-5(4-6)7-8-5/h1H,3-4H2. The first-order valence-electron chi connectivity index (χ1n) is 2.26.